The van der Waals surface area contributed by atoms with Gasteiger partial charge in [0.2, 0.25) is 0 Å². The smallest absolute Gasteiger partial charge is 0.316 e. The molecule has 0 saturated heterocycles. The first-order chi connectivity index (χ1) is 15.8. The number of halogens is 3. The average Bonchev–Trinajstić information content (AvgIpc) is 2.80. The molecular weight excluding hydrogens is 421 g/mol. The van der Waals surface area contributed by atoms with Crippen LogP contribution in [0.15, 0.2) is 42.5 Å². The van der Waals surface area contributed by atoms with Crippen molar-refractivity contribution in [3.8, 4) is 0 Å². The largest absolute Gasteiger partial charge is 0.386 e. The maximum absolute atomic E-state index is 14.6. The molecule has 0 aromatic heterocycles. The van der Waals surface area contributed by atoms with Crippen molar-refractivity contribution in [3.63, 3.8) is 0 Å². The quantitative estimate of drug-likeness (QED) is 0.403. The van der Waals surface area contributed by atoms with Crippen LogP contribution in [0.5, 0.6) is 0 Å². The van der Waals surface area contributed by atoms with Gasteiger partial charge in [-0.05, 0) is 84.6 Å². The molecule has 2 fully saturated rings. The first-order valence-corrected chi connectivity index (χ1v) is 12.7. The second kappa shape index (κ2) is 10.6. The van der Waals surface area contributed by atoms with E-state index in [4.69, 9.17) is 4.74 Å². The molecule has 33 heavy (non-hydrogen) atoms. The Kier molecular flexibility index (Phi) is 7.83. The highest BCUT2D eigenvalue weighted by molar-refractivity contribution is 5.29. The summed E-state index contributed by atoms with van der Waals surface area (Å²) in [4.78, 5) is 0. The van der Waals surface area contributed by atoms with E-state index >= 15 is 0 Å². The van der Waals surface area contributed by atoms with E-state index in [0.29, 0.717) is 18.3 Å². The topological polar surface area (TPSA) is 9.23 Å². The van der Waals surface area contributed by atoms with Gasteiger partial charge in [0.05, 0.1) is 12.2 Å². The molecule has 0 spiro atoms. The van der Waals surface area contributed by atoms with E-state index in [2.05, 4.69) is 26.0 Å². The first kappa shape index (κ1) is 24.3. The van der Waals surface area contributed by atoms with Crippen LogP contribution in [0.4, 0.5) is 13.2 Å². The third-order valence-electron chi connectivity index (χ3n) is 7.94. The van der Waals surface area contributed by atoms with E-state index < -0.39 is 17.5 Å². The van der Waals surface area contributed by atoms with E-state index in [9.17, 15) is 13.2 Å². The molecule has 0 atom stereocenters. The summed E-state index contributed by atoms with van der Waals surface area (Å²) in [5, 5.41) is 0. The second-order valence-corrected chi connectivity index (χ2v) is 10.5. The molecule has 0 heterocycles. The molecule has 4 rings (SSSR count). The van der Waals surface area contributed by atoms with Crippen LogP contribution in [-0.2, 0) is 17.3 Å². The zero-order valence-corrected chi connectivity index (χ0v) is 20.0. The summed E-state index contributed by atoms with van der Waals surface area (Å²) in [6, 6.07) is 12.4. The zero-order valence-electron chi connectivity index (χ0n) is 20.0. The van der Waals surface area contributed by atoms with Crippen LogP contribution < -0.4 is 0 Å². The molecule has 2 aromatic carbocycles. The second-order valence-electron chi connectivity index (χ2n) is 10.5. The van der Waals surface area contributed by atoms with Gasteiger partial charge < -0.3 is 4.74 Å². The summed E-state index contributed by atoms with van der Waals surface area (Å²) in [6.07, 6.45) is 5.92. The number of rotatable bonds is 7. The monoisotopic (exact) mass is 458 g/mol. The average molecular weight is 459 g/mol. The Bertz CT molecular complexity index is 892. The maximum Gasteiger partial charge on any atom is 0.386 e. The number of alkyl halides is 2. The molecule has 2 aliphatic carbocycles. The van der Waals surface area contributed by atoms with Crippen LogP contribution in [0.3, 0.4) is 0 Å². The van der Waals surface area contributed by atoms with E-state index in [1.165, 1.54) is 43.4 Å². The molecule has 0 N–H and O–H groups in total. The maximum atomic E-state index is 14.6. The van der Waals surface area contributed by atoms with Crippen molar-refractivity contribution in [1.82, 2.24) is 0 Å². The fourth-order valence-corrected chi connectivity index (χ4v) is 5.54. The minimum absolute atomic E-state index is 0.158. The van der Waals surface area contributed by atoms with Gasteiger partial charge in [-0.25, -0.2) is 4.39 Å². The summed E-state index contributed by atoms with van der Waals surface area (Å²) in [6.45, 7) is 4.38. The molecule has 2 aliphatic rings. The molecule has 0 unspecified atom stereocenters. The lowest BCUT2D eigenvalue weighted by Gasteiger charge is -2.27. The van der Waals surface area contributed by atoms with Crippen LogP contribution in [0.2, 0.25) is 0 Å². The zero-order chi connectivity index (χ0) is 23.4. The fraction of sp³-hybridized carbons (Fsp3) is 0.586. The van der Waals surface area contributed by atoms with E-state index in [1.54, 1.807) is 6.07 Å². The van der Waals surface area contributed by atoms with Gasteiger partial charge in [0.15, 0.2) is 0 Å². The first-order valence-electron chi connectivity index (χ1n) is 12.7. The Morgan fingerprint density at radius 1 is 0.758 bits per heavy atom. The highest BCUT2D eigenvalue weighted by atomic mass is 19.3. The molecule has 0 amide bonds. The summed E-state index contributed by atoms with van der Waals surface area (Å²) >= 11 is 0. The van der Waals surface area contributed by atoms with Gasteiger partial charge in [-0.15, -0.1) is 0 Å². The number of benzene rings is 2. The third-order valence-corrected chi connectivity index (χ3v) is 7.94. The van der Waals surface area contributed by atoms with Crippen LogP contribution in [0, 0.1) is 17.7 Å². The molecule has 0 radical (unpaired) electrons. The Balaban J connectivity index is 1.30. The molecule has 0 aliphatic heterocycles. The third kappa shape index (κ3) is 6.20. The molecule has 2 aromatic rings. The van der Waals surface area contributed by atoms with Crippen LogP contribution in [0.25, 0.3) is 0 Å². The summed E-state index contributed by atoms with van der Waals surface area (Å²) in [5.41, 5.74) is 2.45. The van der Waals surface area contributed by atoms with E-state index in [-0.39, 0.29) is 12.5 Å². The lowest BCUT2D eigenvalue weighted by atomic mass is 9.79. The normalized spacial score (nSPS) is 26.3. The van der Waals surface area contributed by atoms with Gasteiger partial charge in [0, 0.05) is 0 Å². The number of hydrogen-bond acceptors (Lipinski definition) is 1. The summed E-state index contributed by atoms with van der Waals surface area (Å²) in [7, 11) is 0. The van der Waals surface area contributed by atoms with Crippen molar-refractivity contribution in [3.05, 3.63) is 70.5 Å². The Morgan fingerprint density at radius 2 is 1.27 bits per heavy atom. The van der Waals surface area contributed by atoms with Gasteiger partial charge in [-0.2, -0.15) is 8.78 Å². The van der Waals surface area contributed by atoms with E-state index in [0.717, 1.165) is 42.7 Å². The molecule has 4 heteroatoms. The number of ether oxygens (including phenoxy) is 1. The van der Waals surface area contributed by atoms with Gasteiger partial charge in [-0.1, -0.05) is 69.9 Å². The Morgan fingerprint density at radius 3 is 1.82 bits per heavy atom. The van der Waals surface area contributed by atoms with Crippen molar-refractivity contribution in [1.29, 1.82) is 0 Å². The van der Waals surface area contributed by atoms with Gasteiger partial charge >= 0.3 is 6.11 Å². The molecular formula is C29H37F3O. The predicted molar refractivity (Wildman–Crippen MR) is 127 cm³/mol. The fourth-order valence-electron chi connectivity index (χ4n) is 5.54. The lowest BCUT2D eigenvalue weighted by Crippen LogP contribution is -2.22. The minimum Gasteiger partial charge on any atom is -0.316 e. The standard InChI is InChI=1S/C29H37F3O/c1-20-3-9-23(10-4-20)24-13-7-22(8-14-24)17-18-33-29(31,32)27-16-15-26(19-28(27)30)25-11-5-21(2)6-12-25/h7-8,13-16,19-21,23,25H,3-6,9-12,17-18H2,1-2H3/t20-,21-,23-,25-. The summed E-state index contributed by atoms with van der Waals surface area (Å²) in [5.74, 6) is 1.51. The highest BCUT2D eigenvalue weighted by Crippen LogP contribution is 2.39. The lowest BCUT2D eigenvalue weighted by molar-refractivity contribution is -0.249. The molecule has 1 nitrogen and oxygen atoms in total. The van der Waals surface area contributed by atoms with Crippen LogP contribution in [0.1, 0.15) is 99.3 Å². The molecule has 0 bridgehead atoms. The van der Waals surface area contributed by atoms with Crippen molar-refractivity contribution in [2.75, 3.05) is 6.61 Å². The Labute approximate surface area is 196 Å². The SMILES string of the molecule is C[C@H]1CC[C@H](c2ccc(CCOC(F)(F)c3ccc([C@H]4CC[C@H](C)CC4)cc3F)cc2)CC1. The number of hydrogen-bond donors (Lipinski definition) is 0. The Hall–Kier alpha value is -1.81. The molecule has 2 saturated carbocycles. The van der Waals surface area contributed by atoms with Crippen LogP contribution >= 0.6 is 0 Å². The predicted octanol–water partition coefficient (Wildman–Crippen LogP) is 8.72. The van der Waals surface area contributed by atoms with Crippen molar-refractivity contribution < 1.29 is 17.9 Å². The van der Waals surface area contributed by atoms with Crippen LogP contribution in [-0.4, -0.2) is 6.61 Å². The molecule has 180 valence electrons. The van der Waals surface area contributed by atoms with Gasteiger partial charge in [0.25, 0.3) is 0 Å². The summed E-state index contributed by atoms with van der Waals surface area (Å²) < 4.78 is 48.7. The van der Waals surface area contributed by atoms with Crippen molar-refractivity contribution in [2.45, 2.75) is 89.6 Å². The van der Waals surface area contributed by atoms with Crippen molar-refractivity contribution in [2.24, 2.45) is 11.8 Å². The van der Waals surface area contributed by atoms with Crippen molar-refractivity contribution >= 4 is 0 Å². The highest BCUT2D eigenvalue weighted by Gasteiger charge is 2.36. The van der Waals surface area contributed by atoms with Gasteiger partial charge in [0.1, 0.15) is 5.82 Å². The minimum atomic E-state index is -3.64. The van der Waals surface area contributed by atoms with E-state index in [1.807, 2.05) is 12.1 Å². The van der Waals surface area contributed by atoms with Gasteiger partial charge in [-0.3, -0.25) is 0 Å².